The fourth-order valence-corrected chi connectivity index (χ4v) is 4.96. The molecule has 2 atom stereocenters. The highest BCUT2D eigenvalue weighted by Gasteiger charge is 2.43. The molecule has 6 heteroatoms. The fourth-order valence-electron chi connectivity index (χ4n) is 3.43. The molecule has 3 aromatic carbocycles. The Labute approximate surface area is 188 Å². The van der Waals surface area contributed by atoms with Crippen molar-refractivity contribution in [2.75, 3.05) is 13.1 Å². The normalized spacial score (nSPS) is 18.5. The lowest BCUT2D eigenvalue weighted by molar-refractivity contribution is 0.334. The van der Waals surface area contributed by atoms with Crippen LogP contribution in [0.15, 0.2) is 89.8 Å². The van der Waals surface area contributed by atoms with E-state index in [9.17, 15) is 8.42 Å². The van der Waals surface area contributed by atoms with E-state index in [0.717, 1.165) is 16.7 Å². The van der Waals surface area contributed by atoms with Crippen LogP contribution < -0.4 is 0 Å². The maximum atomic E-state index is 13.4. The van der Waals surface area contributed by atoms with Crippen LogP contribution in [-0.2, 0) is 14.8 Å². The van der Waals surface area contributed by atoms with Crippen LogP contribution in [0.1, 0.15) is 22.8 Å². The third-order valence-corrected chi connectivity index (χ3v) is 7.34. The second-order valence-electron chi connectivity index (χ2n) is 7.59. The van der Waals surface area contributed by atoms with Crippen molar-refractivity contribution in [3.8, 4) is 0 Å². The van der Waals surface area contributed by atoms with Gasteiger partial charge in [-0.1, -0.05) is 83.9 Å². The first-order valence-electron chi connectivity index (χ1n) is 10.1. The molecule has 160 valence electrons. The molecule has 1 aliphatic heterocycles. The van der Waals surface area contributed by atoms with Crippen LogP contribution in [0.25, 0.3) is 6.08 Å². The fraction of sp³-hybridized carbons (Fsp3) is 0.200. The van der Waals surface area contributed by atoms with E-state index in [1.807, 2.05) is 85.8 Å². The van der Waals surface area contributed by atoms with Crippen LogP contribution in [0.4, 0.5) is 0 Å². The Morgan fingerprint density at radius 3 is 2.32 bits per heavy atom. The molecule has 0 N–H and O–H groups in total. The van der Waals surface area contributed by atoms with E-state index in [4.69, 9.17) is 16.3 Å². The molecule has 1 saturated heterocycles. The van der Waals surface area contributed by atoms with Gasteiger partial charge < -0.3 is 4.74 Å². The number of ether oxygens (including phenoxy) is 1. The van der Waals surface area contributed by atoms with Gasteiger partial charge in [0, 0.05) is 18.1 Å². The van der Waals surface area contributed by atoms with Gasteiger partial charge in [-0.15, -0.1) is 0 Å². The lowest BCUT2D eigenvalue weighted by atomic mass is 10.1. The highest BCUT2D eigenvalue weighted by atomic mass is 35.5. The summed E-state index contributed by atoms with van der Waals surface area (Å²) in [4.78, 5) is 0.287. The molecular weight excluding hydrogens is 430 g/mol. The van der Waals surface area contributed by atoms with E-state index in [-0.39, 0.29) is 30.2 Å². The summed E-state index contributed by atoms with van der Waals surface area (Å²) in [5.74, 6) is 0. The topological polar surface area (TPSA) is 49.9 Å². The zero-order chi connectivity index (χ0) is 21.8. The van der Waals surface area contributed by atoms with Gasteiger partial charge in [-0.3, -0.25) is 0 Å². The Morgan fingerprint density at radius 1 is 0.968 bits per heavy atom. The third-order valence-electron chi connectivity index (χ3n) is 5.24. The summed E-state index contributed by atoms with van der Waals surface area (Å²) in [6.45, 7) is 2.48. The summed E-state index contributed by atoms with van der Waals surface area (Å²) >= 11 is 5.97. The van der Waals surface area contributed by atoms with Crippen LogP contribution in [0.3, 0.4) is 0 Å². The van der Waals surface area contributed by atoms with Crippen LogP contribution in [0.2, 0.25) is 5.02 Å². The van der Waals surface area contributed by atoms with E-state index in [1.54, 1.807) is 12.1 Å². The predicted molar refractivity (Wildman–Crippen MR) is 124 cm³/mol. The van der Waals surface area contributed by atoms with Gasteiger partial charge in [0.05, 0.1) is 4.90 Å². The van der Waals surface area contributed by atoms with Gasteiger partial charge in [0.25, 0.3) is 0 Å². The molecule has 4 nitrogen and oxygen atoms in total. The number of nitrogens with zero attached hydrogens (tertiary/aromatic N) is 1. The standard InChI is InChI=1S/C25H24ClNO3S/c1-19-9-15-23(16-10-19)31(28,29)27(17-5-8-20-6-3-2-4-7-20)18-24-25(30-24)21-11-13-22(26)14-12-21/h2-16,24-25H,17-18H2,1H3/b8-5+. The second-order valence-corrected chi connectivity index (χ2v) is 9.97. The monoisotopic (exact) mass is 453 g/mol. The van der Waals surface area contributed by atoms with Crippen molar-refractivity contribution in [3.63, 3.8) is 0 Å². The predicted octanol–water partition coefficient (Wildman–Crippen LogP) is 5.49. The zero-order valence-corrected chi connectivity index (χ0v) is 18.8. The minimum absolute atomic E-state index is 0.119. The maximum Gasteiger partial charge on any atom is 0.243 e. The van der Waals surface area contributed by atoms with Crippen molar-refractivity contribution in [1.82, 2.24) is 4.31 Å². The first-order valence-corrected chi connectivity index (χ1v) is 11.9. The molecular formula is C25H24ClNO3S. The van der Waals surface area contributed by atoms with Crippen LogP contribution in [0, 0.1) is 6.92 Å². The summed E-state index contributed by atoms with van der Waals surface area (Å²) < 4.78 is 34.0. The molecule has 4 rings (SSSR count). The van der Waals surface area contributed by atoms with Crippen molar-refractivity contribution in [2.45, 2.75) is 24.0 Å². The zero-order valence-electron chi connectivity index (χ0n) is 17.2. The summed E-state index contributed by atoms with van der Waals surface area (Å²) in [6, 6.07) is 24.2. The number of aryl methyl sites for hydroxylation is 1. The Hall–Kier alpha value is -2.44. The average Bonchev–Trinajstić information content (AvgIpc) is 3.54. The second kappa shape index (κ2) is 9.37. The molecule has 3 aromatic rings. The van der Waals surface area contributed by atoms with Gasteiger partial charge in [-0.25, -0.2) is 8.42 Å². The summed E-state index contributed by atoms with van der Waals surface area (Å²) in [5.41, 5.74) is 3.04. The first kappa shape index (κ1) is 21.8. The molecule has 0 spiro atoms. The van der Waals surface area contributed by atoms with E-state index in [0.29, 0.717) is 5.02 Å². The first-order chi connectivity index (χ1) is 14.9. The number of rotatable bonds is 8. The lowest BCUT2D eigenvalue weighted by Gasteiger charge is -2.20. The number of hydrogen-bond donors (Lipinski definition) is 0. The van der Waals surface area contributed by atoms with Crippen LogP contribution >= 0.6 is 11.6 Å². The lowest BCUT2D eigenvalue weighted by Crippen LogP contribution is -2.34. The molecule has 1 fully saturated rings. The smallest absolute Gasteiger partial charge is 0.243 e. The van der Waals surface area contributed by atoms with Crippen molar-refractivity contribution < 1.29 is 13.2 Å². The summed E-state index contributed by atoms with van der Waals surface area (Å²) in [5, 5.41) is 0.663. The molecule has 1 aliphatic rings. The SMILES string of the molecule is Cc1ccc(S(=O)(=O)N(C/C=C/c2ccccc2)CC2OC2c2ccc(Cl)cc2)cc1. The van der Waals surface area contributed by atoms with E-state index >= 15 is 0 Å². The summed E-state index contributed by atoms with van der Waals surface area (Å²) in [6.07, 6.45) is 3.50. The molecule has 0 bridgehead atoms. The van der Waals surface area contributed by atoms with E-state index in [2.05, 4.69) is 0 Å². The van der Waals surface area contributed by atoms with Crippen LogP contribution in [-0.4, -0.2) is 31.9 Å². The number of halogens is 1. The Kier molecular flexibility index (Phi) is 6.58. The van der Waals surface area contributed by atoms with Crippen molar-refractivity contribution in [1.29, 1.82) is 0 Å². The molecule has 0 saturated carbocycles. The van der Waals surface area contributed by atoms with Crippen LogP contribution in [0.5, 0.6) is 0 Å². The average molecular weight is 454 g/mol. The molecule has 31 heavy (non-hydrogen) atoms. The molecule has 0 radical (unpaired) electrons. The Morgan fingerprint density at radius 2 is 1.65 bits per heavy atom. The Bertz CT molecular complexity index is 1140. The molecule has 0 amide bonds. The number of sulfonamides is 1. The molecule has 1 heterocycles. The van der Waals surface area contributed by atoms with Crippen molar-refractivity contribution in [3.05, 3.63) is 107 Å². The van der Waals surface area contributed by atoms with Gasteiger partial charge in [-0.05, 0) is 42.3 Å². The Balaban J connectivity index is 1.53. The molecule has 2 unspecified atom stereocenters. The van der Waals surface area contributed by atoms with Crippen molar-refractivity contribution >= 4 is 27.7 Å². The quantitative estimate of drug-likeness (QED) is 0.423. The minimum atomic E-state index is -3.66. The maximum absolute atomic E-state index is 13.4. The van der Waals surface area contributed by atoms with E-state index in [1.165, 1.54) is 4.31 Å². The van der Waals surface area contributed by atoms with Gasteiger partial charge >= 0.3 is 0 Å². The van der Waals surface area contributed by atoms with Gasteiger partial charge in [0.2, 0.25) is 10.0 Å². The van der Waals surface area contributed by atoms with Crippen molar-refractivity contribution in [2.24, 2.45) is 0 Å². The summed E-state index contributed by atoms with van der Waals surface area (Å²) in [7, 11) is -3.66. The highest BCUT2D eigenvalue weighted by molar-refractivity contribution is 7.89. The molecule has 0 aliphatic carbocycles. The van der Waals surface area contributed by atoms with Gasteiger partial charge in [0.1, 0.15) is 12.2 Å². The number of hydrogen-bond acceptors (Lipinski definition) is 3. The van der Waals surface area contributed by atoms with Gasteiger partial charge in [-0.2, -0.15) is 4.31 Å². The largest absolute Gasteiger partial charge is 0.363 e. The minimum Gasteiger partial charge on any atom is -0.363 e. The highest BCUT2D eigenvalue weighted by Crippen LogP contribution is 2.40. The number of benzene rings is 3. The number of epoxide rings is 1. The van der Waals surface area contributed by atoms with E-state index < -0.39 is 10.0 Å². The van der Waals surface area contributed by atoms with Gasteiger partial charge in [0.15, 0.2) is 0 Å². The third kappa shape index (κ3) is 5.43. The molecule has 0 aromatic heterocycles.